The zero-order chi connectivity index (χ0) is 21.4. The Balaban J connectivity index is 1.46. The van der Waals surface area contributed by atoms with Crippen molar-refractivity contribution in [2.45, 2.75) is 31.8 Å². The van der Waals surface area contributed by atoms with E-state index in [0.717, 1.165) is 16.9 Å². The molecule has 0 spiro atoms. The first kappa shape index (κ1) is 22.0. The average molecular weight is 420 g/mol. The van der Waals surface area contributed by atoms with Gasteiger partial charge in [0.05, 0.1) is 6.54 Å². The van der Waals surface area contributed by atoms with Gasteiger partial charge in [0.1, 0.15) is 12.4 Å². The third-order valence-corrected chi connectivity index (χ3v) is 4.84. The molecule has 3 rings (SSSR count). The van der Waals surface area contributed by atoms with Crippen molar-refractivity contribution < 1.29 is 17.9 Å². The van der Waals surface area contributed by atoms with Gasteiger partial charge in [-0.15, -0.1) is 0 Å². The number of halogens is 3. The van der Waals surface area contributed by atoms with E-state index >= 15 is 0 Å². The van der Waals surface area contributed by atoms with Crippen LogP contribution in [0.2, 0.25) is 0 Å². The van der Waals surface area contributed by atoms with E-state index < -0.39 is 12.7 Å². The van der Waals surface area contributed by atoms with Crippen molar-refractivity contribution in [2.24, 2.45) is 4.99 Å². The summed E-state index contributed by atoms with van der Waals surface area (Å²) in [7, 11) is 1.65. The number of nitrogens with zero attached hydrogens (tertiary/aromatic N) is 2. The second-order valence-electron chi connectivity index (χ2n) is 7.33. The summed E-state index contributed by atoms with van der Waals surface area (Å²) < 4.78 is 43.4. The van der Waals surface area contributed by atoms with E-state index in [2.05, 4.69) is 21.7 Å². The Morgan fingerprint density at radius 2 is 1.90 bits per heavy atom. The lowest BCUT2D eigenvalue weighted by Gasteiger charge is -2.20. The molecular formula is C22H27F3N4O. The normalized spacial score (nSPS) is 17.7. The maximum Gasteiger partial charge on any atom is 0.401 e. The summed E-state index contributed by atoms with van der Waals surface area (Å²) in [6, 6.07) is 17.6. The number of likely N-dealkylation sites (tertiary alicyclic amines) is 1. The molecule has 0 radical (unpaired) electrons. The van der Waals surface area contributed by atoms with Crippen LogP contribution in [0.25, 0.3) is 0 Å². The fourth-order valence-corrected chi connectivity index (χ4v) is 3.43. The molecule has 0 saturated carbocycles. The Hall–Kier alpha value is -2.74. The van der Waals surface area contributed by atoms with Crippen LogP contribution >= 0.6 is 0 Å². The topological polar surface area (TPSA) is 48.9 Å². The van der Waals surface area contributed by atoms with Crippen LogP contribution in [-0.4, -0.2) is 49.8 Å². The van der Waals surface area contributed by atoms with Crippen LogP contribution in [0.5, 0.6) is 5.75 Å². The molecule has 1 aliphatic heterocycles. The molecule has 0 aromatic heterocycles. The van der Waals surface area contributed by atoms with Crippen LogP contribution in [0.15, 0.2) is 59.6 Å². The maximum absolute atomic E-state index is 12.5. The summed E-state index contributed by atoms with van der Waals surface area (Å²) in [5.74, 6) is 1.40. The molecule has 2 aromatic rings. The first-order valence-corrected chi connectivity index (χ1v) is 9.93. The van der Waals surface area contributed by atoms with Gasteiger partial charge in [0, 0.05) is 32.7 Å². The monoisotopic (exact) mass is 420 g/mol. The highest BCUT2D eigenvalue weighted by Crippen LogP contribution is 2.20. The van der Waals surface area contributed by atoms with Gasteiger partial charge in [-0.2, -0.15) is 13.2 Å². The molecule has 0 aliphatic carbocycles. The molecule has 1 aliphatic rings. The van der Waals surface area contributed by atoms with Crippen molar-refractivity contribution >= 4 is 5.96 Å². The molecule has 1 saturated heterocycles. The summed E-state index contributed by atoms with van der Waals surface area (Å²) in [5, 5.41) is 6.45. The number of nitrogens with one attached hydrogen (secondary N) is 2. The van der Waals surface area contributed by atoms with Gasteiger partial charge in [0.2, 0.25) is 0 Å². The van der Waals surface area contributed by atoms with Crippen LogP contribution in [0.3, 0.4) is 0 Å². The molecule has 1 atom stereocenters. The second kappa shape index (κ2) is 10.3. The lowest BCUT2D eigenvalue weighted by molar-refractivity contribution is -0.143. The van der Waals surface area contributed by atoms with Crippen LogP contribution < -0.4 is 15.4 Å². The number of alkyl halides is 3. The zero-order valence-electron chi connectivity index (χ0n) is 17.0. The van der Waals surface area contributed by atoms with Gasteiger partial charge in [-0.3, -0.25) is 9.89 Å². The van der Waals surface area contributed by atoms with E-state index in [1.54, 1.807) is 7.05 Å². The van der Waals surface area contributed by atoms with Gasteiger partial charge in [-0.1, -0.05) is 42.5 Å². The van der Waals surface area contributed by atoms with Gasteiger partial charge in [-0.05, 0) is 29.7 Å². The molecule has 0 bridgehead atoms. The van der Waals surface area contributed by atoms with Gasteiger partial charge in [0.15, 0.2) is 5.96 Å². The highest BCUT2D eigenvalue weighted by molar-refractivity contribution is 5.80. The minimum absolute atomic E-state index is 0.0517. The summed E-state index contributed by atoms with van der Waals surface area (Å²) >= 11 is 0. The fraction of sp³-hybridized carbons (Fsp3) is 0.409. The molecule has 1 unspecified atom stereocenters. The van der Waals surface area contributed by atoms with E-state index in [1.807, 2.05) is 48.5 Å². The number of hydrogen-bond donors (Lipinski definition) is 2. The van der Waals surface area contributed by atoms with Crippen molar-refractivity contribution in [3.63, 3.8) is 0 Å². The molecule has 8 heteroatoms. The largest absolute Gasteiger partial charge is 0.489 e. The molecule has 1 heterocycles. The lowest BCUT2D eigenvalue weighted by atomic mass is 10.1. The molecule has 5 nitrogen and oxygen atoms in total. The van der Waals surface area contributed by atoms with Crippen molar-refractivity contribution in [2.75, 3.05) is 26.7 Å². The lowest BCUT2D eigenvalue weighted by Crippen LogP contribution is -2.44. The van der Waals surface area contributed by atoms with E-state index in [-0.39, 0.29) is 6.04 Å². The Labute approximate surface area is 174 Å². The Morgan fingerprint density at radius 3 is 2.63 bits per heavy atom. The summed E-state index contributed by atoms with van der Waals surface area (Å²) in [5.41, 5.74) is 2.12. The number of hydrogen-bond acceptors (Lipinski definition) is 3. The molecule has 30 heavy (non-hydrogen) atoms. The van der Waals surface area contributed by atoms with Crippen LogP contribution in [0, 0.1) is 0 Å². The van der Waals surface area contributed by atoms with Crippen LogP contribution in [0.4, 0.5) is 13.2 Å². The molecule has 2 N–H and O–H groups in total. The van der Waals surface area contributed by atoms with Gasteiger partial charge in [-0.25, -0.2) is 0 Å². The molecular weight excluding hydrogens is 393 g/mol. The number of rotatable bonds is 7. The molecule has 162 valence electrons. The van der Waals surface area contributed by atoms with E-state index in [0.29, 0.717) is 38.6 Å². The summed E-state index contributed by atoms with van der Waals surface area (Å²) in [6.45, 7) is 0.943. The van der Waals surface area contributed by atoms with Gasteiger partial charge in [0.25, 0.3) is 0 Å². The number of ether oxygens (including phenoxy) is 1. The van der Waals surface area contributed by atoms with Crippen LogP contribution in [-0.2, 0) is 13.2 Å². The van der Waals surface area contributed by atoms with Crippen molar-refractivity contribution in [3.8, 4) is 5.75 Å². The first-order chi connectivity index (χ1) is 14.4. The third kappa shape index (κ3) is 7.26. The fourth-order valence-electron chi connectivity index (χ4n) is 3.43. The van der Waals surface area contributed by atoms with Crippen LogP contribution in [0.1, 0.15) is 17.5 Å². The van der Waals surface area contributed by atoms with Gasteiger partial charge < -0.3 is 15.4 Å². The SMILES string of the molecule is CN=C(NCc1cccc(COc2ccccc2)c1)NC1CCN(CC(F)(F)F)C1. The molecule has 0 amide bonds. The Bertz CT molecular complexity index is 827. The minimum Gasteiger partial charge on any atom is -0.489 e. The maximum atomic E-state index is 12.5. The first-order valence-electron chi connectivity index (χ1n) is 9.93. The van der Waals surface area contributed by atoms with Crippen molar-refractivity contribution in [3.05, 3.63) is 65.7 Å². The highest BCUT2D eigenvalue weighted by atomic mass is 19.4. The minimum atomic E-state index is -4.16. The molecule has 2 aromatic carbocycles. The third-order valence-electron chi connectivity index (χ3n) is 4.84. The van der Waals surface area contributed by atoms with Gasteiger partial charge >= 0.3 is 6.18 Å². The van der Waals surface area contributed by atoms with E-state index in [4.69, 9.17) is 4.74 Å². The number of guanidine groups is 1. The average Bonchev–Trinajstić information content (AvgIpc) is 3.15. The zero-order valence-corrected chi connectivity index (χ0v) is 17.0. The van der Waals surface area contributed by atoms with E-state index in [1.165, 1.54) is 4.90 Å². The predicted octanol–water partition coefficient (Wildman–Crippen LogP) is 3.57. The Kier molecular flexibility index (Phi) is 7.57. The highest BCUT2D eigenvalue weighted by Gasteiger charge is 2.34. The Morgan fingerprint density at radius 1 is 1.13 bits per heavy atom. The summed E-state index contributed by atoms with van der Waals surface area (Å²) in [4.78, 5) is 5.61. The summed E-state index contributed by atoms with van der Waals surface area (Å²) in [6.07, 6.45) is -3.51. The smallest absolute Gasteiger partial charge is 0.401 e. The number of benzene rings is 2. The quantitative estimate of drug-likeness (QED) is 0.531. The predicted molar refractivity (Wildman–Crippen MR) is 111 cm³/mol. The second-order valence-corrected chi connectivity index (χ2v) is 7.33. The van der Waals surface area contributed by atoms with Crippen molar-refractivity contribution in [1.29, 1.82) is 0 Å². The van der Waals surface area contributed by atoms with Crippen molar-refractivity contribution in [1.82, 2.24) is 15.5 Å². The number of para-hydroxylation sites is 1. The van der Waals surface area contributed by atoms with E-state index in [9.17, 15) is 13.2 Å². The number of aliphatic imine (C=N–C) groups is 1. The molecule has 1 fully saturated rings. The standard InChI is InChI=1S/C22H27F3N4O/c1-26-21(28-19-10-11-29(14-19)16-22(23,24)25)27-13-17-6-5-7-18(12-17)15-30-20-8-3-2-4-9-20/h2-9,12,19H,10-11,13-16H2,1H3,(H2,26,27,28).